The number of nitrogens with zero attached hydrogens (tertiary/aromatic N) is 2. The van der Waals surface area contributed by atoms with E-state index in [9.17, 15) is 9.59 Å². The number of carbonyl (C=O) groups is 2. The fourth-order valence-corrected chi connectivity index (χ4v) is 3.20. The Balaban J connectivity index is 1.49. The molecule has 0 bridgehead atoms. The van der Waals surface area contributed by atoms with E-state index >= 15 is 0 Å². The van der Waals surface area contributed by atoms with Gasteiger partial charge < -0.3 is 19.8 Å². The minimum Gasteiger partial charge on any atom is -0.497 e. The number of aromatic amines is 1. The van der Waals surface area contributed by atoms with Gasteiger partial charge in [-0.25, -0.2) is 9.78 Å². The van der Waals surface area contributed by atoms with Crippen molar-refractivity contribution in [1.82, 2.24) is 15.0 Å². The number of benzene rings is 2. The van der Waals surface area contributed by atoms with Gasteiger partial charge in [-0.05, 0) is 61.0 Å². The number of esters is 1. The summed E-state index contributed by atoms with van der Waals surface area (Å²) in [7, 11) is 1.61. The number of anilines is 1. The summed E-state index contributed by atoms with van der Waals surface area (Å²) in [6.45, 7) is 1.78. The van der Waals surface area contributed by atoms with Gasteiger partial charge in [0, 0.05) is 11.8 Å². The molecule has 1 atom stereocenters. The Morgan fingerprint density at radius 3 is 2.62 bits per heavy atom. The van der Waals surface area contributed by atoms with Crippen molar-refractivity contribution < 1.29 is 19.1 Å². The molecule has 32 heavy (non-hydrogen) atoms. The quantitative estimate of drug-likeness (QED) is 0.426. The van der Waals surface area contributed by atoms with Crippen LogP contribution in [0.3, 0.4) is 0 Å². The molecule has 8 heteroatoms. The monoisotopic (exact) mass is 430 g/mol. The molecule has 1 unspecified atom stereocenters. The molecule has 0 saturated carbocycles. The maximum absolute atomic E-state index is 12.7. The first-order valence-electron chi connectivity index (χ1n) is 10.1. The predicted molar refractivity (Wildman–Crippen MR) is 120 cm³/mol. The average molecular weight is 430 g/mol. The van der Waals surface area contributed by atoms with Gasteiger partial charge in [0.2, 0.25) is 0 Å². The predicted octanol–water partition coefficient (Wildman–Crippen LogP) is 4.21. The van der Waals surface area contributed by atoms with Crippen molar-refractivity contribution in [2.75, 3.05) is 12.4 Å². The molecule has 1 amide bonds. The van der Waals surface area contributed by atoms with E-state index in [0.717, 1.165) is 11.3 Å². The first-order valence-corrected chi connectivity index (χ1v) is 10.1. The van der Waals surface area contributed by atoms with Gasteiger partial charge in [0.1, 0.15) is 11.6 Å². The van der Waals surface area contributed by atoms with Crippen LogP contribution in [-0.4, -0.2) is 40.0 Å². The van der Waals surface area contributed by atoms with Gasteiger partial charge >= 0.3 is 5.97 Å². The molecular weight excluding hydrogens is 408 g/mol. The van der Waals surface area contributed by atoms with E-state index in [1.807, 2.05) is 24.3 Å². The Kier molecular flexibility index (Phi) is 6.12. The molecule has 0 aliphatic carbocycles. The maximum atomic E-state index is 12.7. The van der Waals surface area contributed by atoms with Gasteiger partial charge in [0.25, 0.3) is 5.91 Å². The molecule has 2 aromatic heterocycles. The highest BCUT2D eigenvalue weighted by atomic mass is 16.5. The fraction of sp³-hybridized carbons (Fsp3) is 0.167. The van der Waals surface area contributed by atoms with Crippen LogP contribution < -0.4 is 10.1 Å². The number of carbonyl (C=O) groups excluding carboxylic acids is 2. The minimum atomic E-state index is -0.921. The van der Waals surface area contributed by atoms with Crippen molar-refractivity contribution >= 4 is 28.6 Å². The van der Waals surface area contributed by atoms with Crippen LogP contribution in [0, 0.1) is 0 Å². The van der Waals surface area contributed by atoms with Crippen molar-refractivity contribution in [3.63, 3.8) is 0 Å². The van der Waals surface area contributed by atoms with Crippen molar-refractivity contribution in [3.05, 3.63) is 72.6 Å². The highest BCUT2D eigenvalue weighted by molar-refractivity contribution is 5.98. The van der Waals surface area contributed by atoms with Gasteiger partial charge in [0.15, 0.2) is 6.10 Å². The molecule has 0 fully saturated rings. The molecule has 0 saturated heterocycles. The number of hydrogen-bond donors (Lipinski definition) is 2. The first kappa shape index (κ1) is 21.0. The number of nitrogens with one attached hydrogen (secondary N) is 2. The van der Waals surface area contributed by atoms with E-state index in [1.54, 1.807) is 50.6 Å². The van der Waals surface area contributed by atoms with Crippen LogP contribution in [0.2, 0.25) is 0 Å². The lowest BCUT2D eigenvalue weighted by atomic mass is 10.2. The second-order valence-corrected chi connectivity index (χ2v) is 7.08. The zero-order chi connectivity index (χ0) is 22.5. The molecular formula is C24H22N4O4. The summed E-state index contributed by atoms with van der Waals surface area (Å²) in [6.07, 6.45) is 2.55. The number of amides is 1. The van der Waals surface area contributed by atoms with Gasteiger partial charge in [-0.2, -0.15) is 0 Å². The summed E-state index contributed by atoms with van der Waals surface area (Å²) < 4.78 is 10.6. The summed E-state index contributed by atoms with van der Waals surface area (Å²) in [4.78, 5) is 36.9. The van der Waals surface area contributed by atoms with Crippen LogP contribution >= 0.6 is 0 Å². The van der Waals surface area contributed by atoms with E-state index in [0.29, 0.717) is 34.5 Å². The van der Waals surface area contributed by atoms with Gasteiger partial charge in [-0.1, -0.05) is 6.92 Å². The smallest absolute Gasteiger partial charge is 0.338 e. The third-order valence-corrected chi connectivity index (χ3v) is 4.92. The standard InChI is InChI=1S/C24H22N4O4/c1-3-21(23(29)26-17-5-4-12-25-14-17)32-24(30)16-8-11-19-20(13-16)28-22(27-19)15-6-9-18(31-2)10-7-15/h4-14,21H,3H2,1-2H3,(H,26,29)(H,27,28). The van der Waals surface area contributed by atoms with Crippen molar-refractivity contribution in [2.24, 2.45) is 0 Å². The first-order chi connectivity index (χ1) is 15.6. The maximum Gasteiger partial charge on any atom is 0.338 e. The number of ether oxygens (including phenoxy) is 2. The Morgan fingerprint density at radius 1 is 1.12 bits per heavy atom. The summed E-state index contributed by atoms with van der Waals surface area (Å²) in [5.41, 5.74) is 3.17. The van der Waals surface area contributed by atoms with Crippen LogP contribution in [0.4, 0.5) is 5.69 Å². The minimum absolute atomic E-state index is 0.329. The topological polar surface area (TPSA) is 106 Å². The fourth-order valence-electron chi connectivity index (χ4n) is 3.20. The molecule has 8 nitrogen and oxygen atoms in total. The van der Waals surface area contributed by atoms with Crippen LogP contribution in [0.1, 0.15) is 23.7 Å². The third-order valence-electron chi connectivity index (χ3n) is 4.92. The molecule has 0 radical (unpaired) electrons. The SMILES string of the molecule is CCC(OC(=O)c1ccc2nc(-c3ccc(OC)cc3)[nH]c2c1)C(=O)Nc1cccnc1. The third kappa shape index (κ3) is 4.59. The average Bonchev–Trinajstić information content (AvgIpc) is 3.26. The van der Waals surface area contributed by atoms with E-state index in [2.05, 4.69) is 20.3 Å². The van der Waals surface area contributed by atoms with Gasteiger partial charge in [-0.3, -0.25) is 9.78 Å². The second kappa shape index (κ2) is 9.30. The van der Waals surface area contributed by atoms with E-state index < -0.39 is 18.0 Å². The zero-order valence-electron chi connectivity index (χ0n) is 17.7. The molecule has 0 aliphatic rings. The van der Waals surface area contributed by atoms with Crippen molar-refractivity contribution in [2.45, 2.75) is 19.4 Å². The molecule has 0 spiro atoms. The van der Waals surface area contributed by atoms with E-state index in [-0.39, 0.29) is 0 Å². The highest BCUT2D eigenvalue weighted by Crippen LogP contribution is 2.24. The number of H-pyrrole nitrogens is 1. The number of aromatic nitrogens is 3. The number of pyridine rings is 1. The van der Waals surface area contributed by atoms with Crippen LogP contribution in [-0.2, 0) is 9.53 Å². The van der Waals surface area contributed by atoms with Crippen molar-refractivity contribution in [1.29, 1.82) is 0 Å². The molecule has 2 N–H and O–H groups in total. The normalized spacial score (nSPS) is 11.7. The summed E-state index contributed by atoms with van der Waals surface area (Å²) in [5, 5.41) is 2.71. The lowest BCUT2D eigenvalue weighted by Gasteiger charge is -2.16. The van der Waals surface area contributed by atoms with Crippen LogP contribution in [0.5, 0.6) is 5.75 Å². The Morgan fingerprint density at radius 2 is 1.94 bits per heavy atom. The van der Waals surface area contributed by atoms with E-state index in [4.69, 9.17) is 9.47 Å². The van der Waals surface area contributed by atoms with E-state index in [1.165, 1.54) is 6.20 Å². The van der Waals surface area contributed by atoms with Gasteiger partial charge in [-0.15, -0.1) is 0 Å². The Hall–Kier alpha value is -4.20. The number of hydrogen-bond acceptors (Lipinski definition) is 6. The Bertz CT molecular complexity index is 1240. The summed E-state index contributed by atoms with van der Waals surface area (Å²) in [5.74, 6) is 0.447. The summed E-state index contributed by atoms with van der Waals surface area (Å²) in [6, 6.07) is 16.0. The largest absolute Gasteiger partial charge is 0.497 e. The Labute approximate surface area is 184 Å². The lowest BCUT2D eigenvalue weighted by molar-refractivity contribution is -0.124. The van der Waals surface area contributed by atoms with Gasteiger partial charge in [0.05, 0.1) is 35.6 Å². The number of fused-ring (bicyclic) bond motifs is 1. The molecule has 2 heterocycles. The molecule has 4 aromatic rings. The molecule has 2 aromatic carbocycles. The number of imidazole rings is 1. The van der Waals surface area contributed by atoms with Crippen LogP contribution in [0.15, 0.2) is 67.0 Å². The molecule has 4 rings (SSSR count). The summed E-state index contributed by atoms with van der Waals surface area (Å²) >= 11 is 0. The highest BCUT2D eigenvalue weighted by Gasteiger charge is 2.22. The van der Waals surface area contributed by atoms with Crippen molar-refractivity contribution in [3.8, 4) is 17.1 Å². The number of methoxy groups -OCH3 is 1. The van der Waals surface area contributed by atoms with Crippen LogP contribution in [0.25, 0.3) is 22.4 Å². The second-order valence-electron chi connectivity index (χ2n) is 7.08. The molecule has 0 aliphatic heterocycles. The zero-order valence-corrected chi connectivity index (χ0v) is 17.7. The number of rotatable bonds is 7. The molecule has 162 valence electrons. The lowest BCUT2D eigenvalue weighted by Crippen LogP contribution is -2.32.